The van der Waals surface area contributed by atoms with Crippen molar-refractivity contribution >= 4 is 0 Å². The number of aryl methyl sites for hydroxylation is 2. The van der Waals surface area contributed by atoms with Gasteiger partial charge in [0.1, 0.15) is 11.5 Å². The van der Waals surface area contributed by atoms with Crippen LogP contribution in [0.3, 0.4) is 0 Å². The average Bonchev–Trinajstić information content (AvgIpc) is 2.50. The summed E-state index contributed by atoms with van der Waals surface area (Å²) in [6.45, 7) is 5.80. The molecule has 21 heavy (non-hydrogen) atoms. The number of nitriles is 1. The van der Waals surface area contributed by atoms with E-state index in [0.29, 0.717) is 12.0 Å². The molecule has 2 rings (SSSR count). The van der Waals surface area contributed by atoms with Gasteiger partial charge in [-0.15, -0.1) is 0 Å². The first kappa shape index (κ1) is 15.1. The van der Waals surface area contributed by atoms with Crippen LogP contribution in [0.5, 0.6) is 11.5 Å². The number of hydrogen-bond acceptors (Lipinski definition) is 3. The van der Waals surface area contributed by atoms with E-state index in [-0.39, 0.29) is 0 Å². The Bertz CT molecular complexity index is 646. The van der Waals surface area contributed by atoms with Crippen molar-refractivity contribution in [3.05, 3.63) is 58.7 Å². The van der Waals surface area contributed by atoms with Crippen molar-refractivity contribution in [3.63, 3.8) is 0 Å². The molecule has 0 amide bonds. The van der Waals surface area contributed by atoms with E-state index < -0.39 is 6.10 Å². The maximum atomic E-state index is 9.78. The molecule has 2 aromatic rings. The van der Waals surface area contributed by atoms with Gasteiger partial charge in [-0.05, 0) is 61.2 Å². The molecule has 0 bridgehead atoms. The first-order chi connectivity index (χ1) is 10.0. The van der Waals surface area contributed by atoms with Crippen molar-refractivity contribution in [2.45, 2.75) is 33.3 Å². The third kappa shape index (κ3) is 3.42. The largest absolute Gasteiger partial charge is 0.457 e. The Morgan fingerprint density at radius 1 is 1.14 bits per heavy atom. The fraction of sp³-hybridized carbons (Fsp3) is 0.278. The Labute approximate surface area is 125 Å². The van der Waals surface area contributed by atoms with E-state index in [1.165, 1.54) is 0 Å². The summed E-state index contributed by atoms with van der Waals surface area (Å²) in [7, 11) is 0. The van der Waals surface area contributed by atoms with E-state index >= 15 is 0 Å². The molecule has 0 heterocycles. The van der Waals surface area contributed by atoms with Crippen molar-refractivity contribution in [2.24, 2.45) is 0 Å². The zero-order valence-corrected chi connectivity index (χ0v) is 12.6. The molecule has 0 aliphatic heterocycles. The summed E-state index contributed by atoms with van der Waals surface area (Å²) in [5, 5.41) is 18.7. The minimum absolute atomic E-state index is 0.433. The van der Waals surface area contributed by atoms with Gasteiger partial charge in [0.05, 0.1) is 17.7 Å². The van der Waals surface area contributed by atoms with E-state index in [1.807, 2.05) is 57.2 Å². The van der Waals surface area contributed by atoms with Crippen LogP contribution in [0.2, 0.25) is 0 Å². The summed E-state index contributed by atoms with van der Waals surface area (Å²) in [5.74, 6) is 1.50. The van der Waals surface area contributed by atoms with Crippen molar-refractivity contribution in [1.82, 2.24) is 0 Å². The second-order valence-electron chi connectivity index (χ2n) is 5.15. The molecule has 2 aromatic carbocycles. The average molecular weight is 281 g/mol. The number of aliphatic hydroxyl groups excluding tert-OH is 1. The summed E-state index contributed by atoms with van der Waals surface area (Å²) in [5.41, 5.74) is 3.39. The minimum Gasteiger partial charge on any atom is -0.457 e. The standard InChI is InChI=1S/C18H19NO2/c1-4-17(20)15-5-7-16(8-6-15)21-18-12(2)9-14(11-19)10-13(18)3/h5-10,17,20H,4H2,1-3H3/t17-/m1/s1. The Balaban J connectivity index is 2.25. The number of benzene rings is 2. The number of hydrogen-bond donors (Lipinski definition) is 1. The van der Waals surface area contributed by atoms with Crippen molar-refractivity contribution in [2.75, 3.05) is 0 Å². The van der Waals surface area contributed by atoms with E-state index in [2.05, 4.69) is 6.07 Å². The van der Waals surface area contributed by atoms with Gasteiger partial charge in [0, 0.05) is 0 Å². The molecule has 0 fully saturated rings. The molecular weight excluding hydrogens is 262 g/mol. The van der Waals surface area contributed by atoms with Crippen LogP contribution in [0.4, 0.5) is 0 Å². The van der Waals surface area contributed by atoms with Crippen LogP contribution >= 0.6 is 0 Å². The van der Waals surface area contributed by atoms with Crippen molar-refractivity contribution in [3.8, 4) is 17.6 Å². The zero-order valence-electron chi connectivity index (χ0n) is 12.6. The van der Waals surface area contributed by atoms with Crippen LogP contribution in [0.1, 0.15) is 41.7 Å². The van der Waals surface area contributed by atoms with Gasteiger partial charge in [0.25, 0.3) is 0 Å². The van der Waals surface area contributed by atoms with Gasteiger partial charge in [-0.25, -0.2) is 0 Å². The number of nitrogens with zero attached hydrogens (tertiary/aromatic N) is 1. The Hall–Kier alpha value is -2.31. The van der Waals surface area contributed by atoms with Gasteiger partial charge in [0.15, 0.2) is 0 Å². The van der Waals surface area contributed by atoms with E-state index in [0.717, 1.165) is 28.2 Å². The lowest BCUT2D eigenvalue weighted by molar-refractivity contribution is 0.173. The van der Waals surface area contributed by atoms with Crippen LogP contribution in [-0.4, -0.2) is 5.11 Å². The van der Waals surface area contributed by atoms with Gasteiger partial charge in [-0.3, -0.25) is 0 Å². The summed E-state index contributed by atoms with van der Waals surface area (Å²) >= 11 is 0. The molecular formula is C18H19NO2. The topological polar surface area (TPSA) is 53.2 Å². The van der Waals surface area contributed by atoms with Gasteiger partial charge < -0.3 is 9.84 Å². The molecule has 0 aliphatic carbocycles. The lowest BCUT2D eigenvalue weighted by Gasteiger charge is -2.13. The number of aliphatic hydroxyl groups is 1. The minimum atomic E-state index is -0.433. The van der Waals surface area contributed by atoms with E-state index in [1.54, 1.807) is 0 Å². The highest BCUT2D eigenvalue weighted by Gasteiger charge is 2.09. The second-order valence-corrected chi connectivity index (χ2v) is 5.15. The second kappa shape index (κ2) is 6.43. The fourth-order valence-electron chi connectivity index (χ4n) is 2.29. The highest BCUT2D eigenvalue weighted by molar-refractivity contribution is 5.49. The van der Waals surface area contributed by atoms with Crippen LogP contribution in [-0.2, 0) is 0 Å². The van der Waals surface area contributed by atoms with Gasteiger partial charge in [-0.1, -0.05) is 19.1 Å². The fourth-order valence-corrected chi connectivity index (χ4v) is 2.29. The SMILES string of the molecule is CC[C@@H](O)c1ccc(Oc2c(C)cc(C#N)cc2C)cc1. The number of ether oxygens (including phenoxy) is 1. The van der Waals surface area contributed by atoms with Gasteiger partial charge >= 0.3 is 0 Å². The van der Waals surface area contributed by atoms with E-state index in [9.17, 15) is 5.11 Å². The molecule has 0 saturated carbocycles. The summed E-state index contributed by atoms with van der Waals surface area (Å²) in [6, 6.07) is 13.2. The molecule has 0 spiro atoms. The third-order valence-electron chi connectivity index (χ3n) is 3.46. The Kier molecular flexibility index (Phi) is 4.62. The molecule has 0 radical (unpaired) electrons. The quantitative estimate of drug-likeness (QED) is 0.903. The maximum absolute atomic E-state index is 9.78. The summed E-state index contributed by atoms with van der Waals surface area (Å²) < 4.78 is 5.92. The molecule has 1 N–H and O–H groups in total. The smallest absolute Gasteiger partial charge is 0.133 e. The van der Waals surface area contributed by atoms with Crippen LogP contribution in [0.15, 0.2) is 36.4 Å². The molecule has 0 saturated heterocycles. The highest BCUT2D eigenvalue weighted by atomic mass is 16.5. The predicted octanol–water partition coefficient (Wildman–Crippen LogP) is 4.41. The molecule has 0 unspecified atom stereocenters. The predicted molar refractivity (Wildman–Crippen MR) is 82.4 cm³/mol. The molecule has 3 heteroatoms. The lowest BCUT2D eigenvalue weighted by Crippen LogP contribution is -1.96. The molecule has 0 aromatic heterocycles. The van der Waals surface area contributed by atoms with Crippen molar-refractivity contribution < 1.29 is 9.84 Å². The van der Waals surface area contributed by atoms with Crippen LogP contribution in [0.25, 0.3) is 0 Å². The first-order valence-corrected chi connectivity index (χ1v) is 7.02. The number of rotatable bonds is 4. The van der Waals surface area contributed by atoms with Crippen LogP contribution < -0.4 is 4.74 Å². The highest BCUT2D eigenvalue weighted by Crippen LogP contribution is 2.30. The third-order valence-corrected chi connectivity index (χ3v) is 3.46. The van der Waals surface area contributed by atoms with Crippen molar-refractivity contribution in [1.29, 1.82) is 5.26 Å². The lowest BCUT2D eigenvalue weighted by atomic mass is 10.1. The zero-order chi connectivity index (χ0) is 15.4. The normalized spacial score (nSPS) is 11.8. The molecule has 0 aliphatic rings. The van der Waals surface area contributed by atoms with Gasteiger partial charge in [-0.2, -0.15) is 5.26 Å². The Morgan fingerprint density at radius 2 is 1.71 bits per heavy atom. The first-order valence-electron chi connectivity index (χ1n) is 7.02. The summed E-state index contributed by atoms with van der Waals surface area (Å²) in [4.78, 5) is 0. The molecule has 1 atom stereocenters. The molecule has 3 nitrogen and oxygen atoms in total. The maximum Gasteiger partial charge on any atom is 0.133 e. The van der Waals surface area contributed by atoms with Crippen LogP contribution in [0, 0.1) is 25.2 Å². The Morgan fingerprint density at radius 3 is 2.19 bits per heavy atom. The van der Waals surface area contributed by atoms with E-state index in [4.69, 9.17) is 10.00 Å². The monoisotopic (exact) mass is 281 g/mol. The van der Waals surface area contributed by atoms with Gasteiger partial charge in [0.2, 0.25) is 0 Å². The summed E-state index contributed by atoms with van der Waals surface area (Å²) in [6.07, 6.45) is 0.256. The molecule has 108 valence electrons.